The van der Waals surface area contributed by atoms with E-state index in [9.17, 15) is 37.5 Å². The molecule has 4 N–H and O–H groups in total. The molecule has 2 heterocycles. The number of amides is 5. The summed E-state index contributed by atoms with van der Waals surface area (Å²) in [5, 5.41) is 19.6. The normalized spacial score (nSPS) is 16.9. The van der Waals surface area contributed by atoms with Gasteiger partial charge in [-0.2, -0.15) is 4.31 Å². The highest BCUT2D eigenvalue weighted by Gasteiger charge is 2.40. The van der Waals surface area contributed by atoms with Crippen LogP contribution in [-0.2, 0) is 37.5 Å². The fourth-order valence-corrected chi connectivity index (χ4v) is 10.6. The number of rotatable bonds is 14. The third-order valence-corrected chi connectivity index (χ3v) is 14.3. The highest BCUT2D eigenvalue weighted by atomic mass is 32.2. The number of nitrogens with zero attached hydrogens (tertiary/aromatic N) is 3. The smallest absolute Gasteiger partial charge is 0.255 e. The van der Waals surface area contributed by atoms with Crippen molar-refractivity contribution in [2.24, 2.45) is 0 Å². The summed E-state index contributed by atoms with van der Waals surface area (Å²) >= 11 is 0. The van der Waals surface area contributed by atoms with E-state index in [0.717, 1.165) is 28.3 Å². The monoisotopic (exact) mass is 862 g/mol. The Labute approximate surface area is 362 Å². The van der Waals surface area contributed by atoms with E-state index in [4.69, 9.17) is 0 Å². The first-order valence-electron chi connectivity index (χ1n) is 21.2. The lowest BCUT2D eigenvalue weighted by molar-refractivity contribution is -0.137. The van der Waals surface area contributed by atoms with Gasteiger partial charge < -0.3 is 25.5 Å². The molecule has 2 fully saturated rings. The van der Waals surface area contributed by atoms with Crippen LogP contribution in [-0.4, -0.2) is 85.0 Å². The van der Waals surface area contributed by atoms with Crippen molar-refractivity contribution in [2.75, 3.05) is 36.9 Å². The summed E-state index contributed by atoms with van der Waals surface area (Å²) in [6.45, 7) is 5.61. The minimum Gasteiger partial charge on any atom is -0.507 e. The Morgan fingerprint density at radius 3 is 2.27 bits per heavy atom. The first kappa shape index (κ1) is 44.0. The van der Waals surface area contributed by atoms with Gasteiger partial charge in [-0.05, 0) is 92.5 Å². The second-order valence-electron chi connectivity index (χ2n) is 16.7. The van der Waals surface area contributed by atoms with Gasteiger partial charge in [0.1, 0.15) is 11.8 Å². The van der Waals surface area contributed by atoms with Crippen LogP contribution in [0.4, 0.5) is 11.4 Å². The number of fused-ring (bicyclic) bond motifs is 1. The third-order valence-electron chi connectivity index (χ3n) is 12.2. The standard InChI is InChI=1S/C47H54N6O8S/c1-29-23-30(2)44(31(3)24-29)62(60,61)51(4)28-43(56)52(26-32-13-15-34(16-14-32)33-9-6-5-7-10-33)35-17-18-37(41(54)25-35)45(57)49-22-21-48-39-12-8-11-36-38(39)27-53(47(36)59)40-19-20-42(55)50-46(40)58/h8,11-18,23-25,33,40,48,54H,5-7,9-10,19-22,26-28H2,1-4H3,(H,49,57)(H,50,55,58). The molecular weight excluding hydrogens is 809 g/mol. The number of hydrogen-bond acceptors (Lipinski definition) is 9. The Hall–Kier alpha value is -6.06. The van der Waals surface area contributed by atoms with Gasteiger partial charge in [0.2, 0.25) is 27.7 Å². The van der Waals surface area contributed by atoms with Crippen LogP contribution >= 0.6 is 0 Å². The summed E-state index contributed by atoms with van der Waals surface area (Å²) in [5.74, 6) is -2.08. The summed E-state index contributed by atoms with van der Waals surface area (Å²) in [6.07, 6.45) is 6.35. The summed E-state index contributed by atoms with van der Waals surface area (Å²) in [7, 11) is -2.68. The molecule has 1 saturated heterocycles. The number of phenols is 1. The van der Waals surface area contributed by atoms with E-state index in [2.05, 4.69) is 28.1 Å². The molecule has 0 spiro atoms. The van der Waals surface area contributed by atoms with Crippen LogP contribution in [0.1, 0.15) is 105 Å². The summed E-state index contributed by atoms with van der Waals surface area (Å²) < 4.78 is 28.8. The predicted octanol–water partition coefficient (Wildman–Crippen LogP) is 5.82. The minimum atomic E-state index is -4.05. The maximum absolute atomic E-state index is 14.2. The number of likely N-dealkylation sites (N-methyl/N-ethyl adjacent to an activating group) is 1. The van der Waals surface area contributed by atoms with Crippen LogP contribution in [0.15, 0.2) is 77.7 Å². The van der Waals surface area contributed by atoms with Gasteiger partial charge in [0.25, 0.3) is 11.8 Å². The first-order valence-corrected chi connectivity index (χ1v) is 22.6. The number of anilines is 2. The lowest BCUT2D eigenvalue weighted by Gasteiger charge is -2.29. The van der Waals surface area contributed by atoms with Crippen LogP contribution in [0.25, 0.3) is 0 Å². The van der Waals surface area contributed by atoms with E-state index < -0.39 is 40.3 Å². The van der Waals surface area contributed by atoms with Gasteiger partial charge in [-0.25, -0.2) is 8.42 Å². The highest BCUT2D eigenvalue weighted by molar-refractivity contribution is 7.89. The number of benzene rings is 4. The largest absolute Gasteiger partial charge is 0.507 e. The van der Waals surface area contributed by atoms with Crippen LogP contribution in [0.5, 0.6) is 5.75 Å². The van der Waals surface area contributed by atoms with Crippen molar-refractivity contribution in [1.82, 2.24) is 19.8 Å². The molecule has 1 unspecified atom stereocenters. The summed E-state index contributed by atoms with van der Waals surface area (Å²) in [5.41, 5.74) is 6.29. The van der Waals surface area contributed by atoms with Gasteiger partial charge in [0.05, 0.1) is 23.5 Å². The van der Waals surface area contributed by atoms with E-state index in [-0.39, 0.29) is 72.7 Å². The molecule has 1 aliphatic carbocycles. The fourth-order valence-electron chi connectivity index (χ4n) is 9.03. The lowest BCUT2D eigenvalue weighted by atomic mass is 9.84. The zero-order chi connectivity index (χ0) is 44.3. The predicted molar refractivity (Wildman–Crippen MR) is 235 cm³/mol. The van der Waals surface area contributed by atoms with E-state index in [0.29, 0.717) is 33.9 Å². The molecule has 7 rings (SSSR count). The lowest BCUT2D eigenvalue weighted by Crippen LogP contribution is -2.52. The summed E-state index contributed by atoms with van der Waals surface area (Å²) in [4.78, 5) is 68.0. The maximum Gasteiger partial charge on any atom is 0.255 e. The number of imide groups is 1. The molecule has 14 nitrogen and oxygen atoms in total. The molecule has 5 amide bonds. The Balaban J connectivity index is 1.03. The van der Waals surface area contributed by atoms with Gasteiger partial charge in [-0.15, -0.1) is 0 Å². The molecular formula is C47H54N6O8S. The first-order chi connectivity index (χ1) is 29.6. The molecule has 1 atom stereocenters. The zero-order valence-corrected chi connectivity index (χ0v) is 36.4. The number of aromatic hydroxyl groups is 1. The van der Waals surface area contributed by atoms with E-state index in [1.165, 1.54) is 53.8 Å². The zero-order valence-electron chi connectivity index (χ0n) is 35.6. The third kappa shape index (κ3) is 9.38. The SMILES string of the molecule is Cc1cc(C)c(S(=O)(=O)N(C)CC(=O)N(Cc2ccc(C3CCCCC3)cc2)c2ccc(C(=O)NCCNc3cccc4c3CN(C3CCC(=O)NC3=O)C4=O)c(O)c2)c(C)c1. The Kier molecular flexibility index (Phi) is 13.1. The van der Waals surface area contributed by atoms with Crippen molar-refractivity contribution in [3.05, 3.63) is 117 Å². The van der Waals surface area contributed by atoms with Gasteiger partial charge in [0.15, 0.2) is 0 Å². The second kappa shape index (κ2) is 18.5. The van der Waals surface area contributed by atoms with Crippen LogP contribution in [0.2, 0.25) is 0 Å². The van der Waals surface area contributed by atoms with Gasteiger partial charge >= 0.3 is 0 Å². The van der Waals surface area contributed by atoms with Crippen molar-refractivity contribution in [3.63, 3.8) is 0 Å². The molecule has 62 heavy (non-hydrogen) atoms. The fraction of sp³-hybridized carbons (Fsp3) is 0.383. The van der Waals surface area contributed by atoms with E-state index >= 15 is 0 Å². The van der Waals surface area contributed by atoms with Gasteiger partial charge in [0, 0.05) is 61.7 Å². The number of piperidine rings is 1. The van der Waals surface area contributed by atoms with Gasteiger partial charge in [-0.1, -0.05) is 67.3 Å². The van der Waals surface area contributed by atoms with Crippen molar-refractivity contribution in [3.8, 4) is 5.75 Å². The maximum atomic E-state index is 14.2. The number of sulfonamides is 1. The van der Waals surface area contributed by atoms with E-state index in [1.807, 2.05) is 25.1 Å². The number of carbonyl (C=O) groups is 5. The second-order valence-corrected chi connectivity index (χ2v) is 18.6. The van der Waals surface area contributed by atoms with E-state index in [1.54, 1.807) is 44.2 Å². The van der Waals surface area contributed by atoms with Crippen molar-refractivity contribution in [1.29, 1.82) is 0 Å². The molecule has 2 aliphatic heterocycles. The molecule has 0 bridgehead atoms. The Bertz CT molecular complexity index is 2490. The minimum absolute atomic E-state index is 0.0194. The number of hydrogen-bond donors (Lipinski definition) is 4. The molecule has 15 heteroatoms. The molecule has 0 radical (unpaired) electrons. The number of nitrogens with one attached hydrogen (secondary N) is 3. The molecule has 326 valence electrons. The van der Waals surface area contributed by atoms with Crippen molar-refractivity contribution in [2.45, 2.75) is 95.7 Å². The molecule has 3 aliphatic rings. The number of carbonyl (C=O) groups excluding carboxylic acids is 5. The van der Waals surface area contributed by atoms with Crippen molar-refractivity contribution >= 4 is 50.9 Å². The Morgan fingerprint density at radius 1 is 0.887 bits per heavy atom. The molecule has 4 aromatic carbocycles. The number of phenolic OH excluding ortho intramolecular Hbond substituents is 1. The van der Waals surface area contributed by atoms with Crippen LogP contribution in [0, 0.1) is 20.8 Å². The average Bonchev–Trinajstić information content (AvgIpc) is 3.57. The number of aryl methyl sites for hydroxylation is 3. The van der Waals surface area contributed by atoms with Crippen LogP contribution < -0.4 is 20.9 Å². The Morgan fingerprint density at radius 2 is 1.60 bits per heavy atom. The quantitative estimate of drug-likeness (QED) is 0.0896. The summed E-state index contributed by atoms with van der Waals surface area (Å²) in [6, 6.07) is 20.6. The average molecular weight is 863 g/mol. The van der Waals surface area contributed by atoms with Gasteiger partial charge in [-0.3, -0.25) is 29.3 Å². The van der Waals surface area contributed by atoms with Crippen LogP contribution in [0.3, 0.4) is 0 Å². The molecule has 4 aromatic rings. The van der Waals surface area contributed by atoms with Crippen molar-refractivity contribution < 1.29 is 37.5 Å². The molecule has 1 saturated carbocycles. The highest BCUT2D eigenvalue weighted by Crippen LogP contribution is 2.35. The topological polar surface area (TPSA) is 186 Å². The molecule has 0 aromatic heterocycles.